The molecule has 1 atom stereocenters. The van der Waals surface area contributed by atoms with Gasteiger partial charge in [-0.25, -0.2) is 0 Å². The normalized spacial score (nSPS) is 16.5. The number of benzene rings is 1. The Hall–Kier alpha value is -3.00. The molecule has 1 amide bonds. The lowest BCUT2D eigenvalue weighted by Crippen LogP contribution is -2.43. The van der Waals surface area contributed by atoms with Gasteiger partial charge < -0.3 is 19.7 Å². The molecule has 1 fully saturated rings. The topological polar surface area (TPSA) is 81.0 Å². The number of carbonyl (C=O) groups is 1. The van der Waals surface area contributed by atoms with Crippen LogP contribution in [0.25, 0.3) is 5.65 Å². The van der Waals surface area contributed by atoms with Crippen LogP contribution in [0.5, 0.6) is 11.5 Å². The van der Waals surface area contributed by atoms with Crippen molar-refractivity contribution in [2.75, 3.05) is 32.2 Å². The third kappa shape index (κ3) is 4.00. The molecule has 1 N–H and O–H groups in total. The molecule has 0 unspecified atom stereocenters. The highest BCUT2D eigenvalue weighted by Gasteiger charge is 2.28. The number of pyridine rings is 1. The van der Waals surface area contributed by atoms with Crippen LogP contribution in [-0.2, 0) is 11.3 Å². The van der Waals surface area contributed by atoms with Crippen LogP contribution in [0.1, 0.15) is 18.4 Å². The minimum atomic E-state index is -0.137. The molecule has 0 spiro atoms. The van der Waals surface area contributed by atoms with Gasteiger partial charge in [0, 0.05) is 31.4 Å². The average Bonchev–Trinajstić information content (AvgIpc) is 3.23. The van der Waals surface area contributed by atoms with E-state index >= 15 is 0 Å². The van der Waals surface area contributed by atoms with Crippen LogP contribution < -0.4 is 19.7 Å². The van der Waals surface area contributed by atoms with Crippen molar-refractivity contribution in [3.05, 3.63) is 47.1 Å². The zero-order valence-corrected chi connectivity index (χ0v) is 17.7. The van der Waals surface area contributed by atoms with Crippen molar-refractivity contribution in [2.45, 2.75) is 19.4 Å². The number of ether oxygens (including phenoxy) is 2. The summed E-state index contributed by atoms with van der Waals surface area (Å²) in [5.74, 6) is 2.02. The molecule has 2 aromatic heterocycles. The number of nitrogens with one attached hydrogen (secondary N) is 1. The summed E-state index contributed by atoms with van der Waals surface area (Å²) in [5.41, 5.74) is 1.49. The smallest absolute Gasteiger partial charge is 0.231 e. The van der Waals surface area contributed by atoms with Gasteiger partial charge in [-0.05, 0) is 43.2 Å². The number of methoxy groups -OCH3 is 2. The summed E-state index contributed by atoms with van der Waals surface area (Å²) < 4.78 is 12.5. The molecule has 0 saturated carbocycles. The van der Waals surface area contributed by atoms with Crippen molar-refractivity contribution >= 4 is 29.1 Å². The quantitative estimate of drug-likeness (QED) is 0.648. The molecule has 1 saturated heterocycles. The van der Waals surface area contributed by atoms with Gasteiger partial charge in [0.1, 0.15) is 11.5 Å². The fourth-order valence-corrected chi connectivity index (χ4v) is 4.01. The molecule has 30 heavy (non-hydrogen) atoms. The number of aromatic nitrogens is 3. The molecular weight excluding hydrogens is 406 g/mol. The maximum Gasteiger partial charge on any atom is 0.231 e. The Bertz CT molecular complexity index is 1050. The molecule has 0 aliphatic carbocycles. The van der Waals surface area contributed by atoms with E-state index in [9.17, 15) is 4.79 Å². The lowest BCUT2D eigenvalue weighted by molar-refractivity contribution is -0.125. The minimum absolute atomic E-state index is 0.0106. The molecule has 1 aromatic carbocycles. The van der Waals surface area contributed by atoms with E-state index < -0.39 is 0 Å². The third-order valence-corrected chi connectivity index (χ3v) is 5.68. The summed E-state index contributed by atoms with van der Waals surface area (Å²) >= 11 is 6.21. The Kier molecular flexibility index (Phi) is 5.94. The van der Waals surface area contributed by atoms with E-state index in [2.05, 4.69) is 20.4 Å². The van der Waals surface area contributed by atoms with Crippen molar-refractivity contribution in [2.24, 2.45) is 5.92 Å². The van der Waals surface area contributed by atoms with Gasteiger partial charge in [-0.15, -0.1) is 10.2 Å². The fraction of sp³-hybridized carbons (Fsp3) is 0.381. The Labute approximate surface area is 179 Å². The number of amides is 1. The molecule has 1 aliphatic heterocycles. The number of nitrogens with zero attached hydrogens (tertiary/aromatic N) is 4. The van der Waals surface area contributed by atoms with E-state index in [4.69, 9.17) is 21.1 Å². The SMILES string of the molecule is COc1ccc(OC)c(CNC(=O)[C@@H]2CCCN(c3nnc4c(Cl)cccn34)C2)c1. The summed E-state index contributed by atoms with van der Waals surface area (Å²) in [4.78, 5) is 15.0. The highest BCUT2D eigenvalue weighted by Crippen LogP contribution is 2.26. The zero-order valence-electron chi connectivity index (χ0n) is 17.0. The standard InChI is InChI=1S/C21H24ClN5O3/c1-29-16-7-8-18(30-2)15(11-16)12-23-20(28)14-5-3-9-26(13-14)21-25-24-19-17(22)6-4-10-27(19)21/h4,6-8,10-11,14H,3,5,9,12-13H2,1-2H3,(H,23,28)/t14-/m1/s1. The molecular formula is C21H24ClN5O3. The summed E-state index contributed by atoms with van der Waals surface area (Å²) in [6.45, 7) is 1.77. The van der Waals surface area contributed by atoms with Crippen molar-refractivity contribution in [1.82, 2.24) is 19.9 Å². The van der Waals surface area contributed by atoms with Gasteiger partial charge in [0.05, 0.1) is 25.2 Å². The molecule has 3 heterocycles. The third-order valence-electron chi connectivity index (χ3n) is 5.38. The predicted octanol–water partition coefficient (Wildman–Crippen LogP) is 2.93. The lowest BCUT2D eigenvalue weighted by Gasteiger charge is -2.32. The number of anilines is 1. The summed E-state index contributed by atoms with van der Waals surface area (Å²) in [6.07, 6.45) is 3.61. The van der Waals surface area contributed by atoms with Gasteiger partial charge in [-0.1, -0.05) is 11.6 Å². The number of piperidine rings is 1. The van der Waals surface area contributed by atoms with E-state index in [1.165, 1.54) is 0 Å². The van der Waals surface area contributed by atoms with Crippen LogP contribution in [-0.4, -0.2) is 47.8 Å². The number of fused-ring (bicyclic) bond motifs is 1. The number of rotatable bonds is 6. The van der Waals surface area contributed by atoms with Gasteiger partial charge in [0.2, 0.25) is 11.9 Å². The van der Waals surface area contributed by atoms with Crippen molar-refractivity contribution in [3.63, 3.8) is 0 Å². The molecule has 0 radical (unpaired) electrons. The van der Waals surface area contributed by atoms with Gasteiger partial charge in [-0.3, -0.25) is 9.20 Å². The van der Waals surface area contributed by atoms with Crippen LogP contribution in [0.2, 0.25) is 5.02 Å². The van der Waals surface area contributed by atoms with E-state index in [1.54, 1.807) is 20.3 Å². The summed E-state index contributed by atoms with van der Waals surface area (Å²) in [5, 5.41) is 12.1. The van der Waals surface area contributed by atoms with Crippen molar-refractivity contribution in [1.29, 1.82) is 0 Å². The Balaban J connectivity index is 1.44. The second-order valence-corrected chi connectivity index (χ2v) is 7.64. The summed E-state index contributed by atoms with van der Waals surface area (Å²) in [6, 6.07) is 9.19. The monoisotopic (exact) mass is 429 g/mol. The van der Waals surface area contributed by atoms with Crippen LogP contribution in [0.3, 0.4) is 0 Å². The Morgan fingerprint density at radius 3 is 2.93 bits per heavy atom. The molecule has 8 nitrogen and oxygen atoms in total. The Morgan fingerprint density at radius 2 is 2.13 bits per heavy atom. The highest BCUT2D eigenvalue weighted by atomic mass is 35.5. The highest BCUT2D eigenvalue weighted by molar-refractivity contribution is 6.33. The molecule has 158 valence electrons. The van der Waals surface area contributed by atoms with Crippen LogP contribution in [0.15, 0.2) is 36.5 Å². The number of halogens is 1. The van der Waals surface area contributed by atoms with Crippen molar-refractivity contribution < 1.29 is 14.3 Å². The van der Waals surface area contributed by atoms with E-state index in [1.807, 2.05) is 34.9 Å². The summed E-state index contributed by atoms with van der Waals surface area (Å²) in [7, 11) is 3.23. The van der Waals surface area contributed by atoms with Crippen molar-refractivity contribution in [3.8, 4) is 11.5 Å². The van der Waals surface area contributed by atoms with Gasteiger partial charge in [0.25, 0.3) is 0 Å². The minimum Gasteiger partial charge on any atom is -0.497 e. The first-order chi connectivity index (χ1) is 14.6. The van der Waals surface area contributed by atoms with Gasteiger partial charge in [-0.2, -0.15) is 0 Å². The predicted molar refractivity (Wildman–Crippen MR) is 114 cm³/mol. The zero-order chi connectivity index (χ0) is 21.1. The lowest BCUT2D eigenvalue weighted by atomic mass is 9.97. The van der Waals surface area contributed by atoms with E-state index in [0.717, 1.165) is 30.7 Å². The number of carbonyl (C=O) groups excluding carboxylic acids is 1. The molecule has 0 bridgehead atoms. The van der Waals surface area contributed by atoms with Crippen LogP contribution in [0, 0.1) is 5.92 Å². The fourth-order valence-electron chi connectivity index (χ4n) is 3.81. The Morgan fingerprint density at radius 1 is 1.27 bits per heavy atom. The average molecular weight is 430 g/mol. The molecule has 1 aliphatic rings. The number of hydrogen-bond donors (Lipinski definition) is 1. The maximum atomic E-state index is 12.9. The first kappa shape index (κ1) is 20.3. The van der Waals surface area contributed by atoms with E-state index in [0.29, 0.717) is 35.5 Å². The first-order valence-corrected chi connectivity index (χ1v) is 10.2. The largest absolute Gasteiger partial charge is 0.497 e. The first-order valence-electron chi connectivity index (χ1n) is 9.83. The molecule has 3 aromatic rings. The van der Waals surface area contributed by atoms with Crippen LogP contribution in [0.4, 0.5) is 5.95 Å². The molecule has 9 heteroatoms. The number of hydrogen-bond acceptors (Lipinski definition) is 6. The second kappa shape index (κ2) is 8.79. The molecule has 4 rings (SSSR count). The maximum absolute atomic E-state index is 12.9. The van der Waals surface area contributed by atoms with Crippen LogP contribution >= 0.6 is 11.6 Å². The van der Waals surface area contributed by atoms with Gasteiger partial charge in [0.15, 0.2) is 5.65 Å². The van der Waals surface area contributed by atoms with Gasteiger partial charge >= 0.3 is 0 Å². The van der Waals surface area contributed by atoms with E-state index in [-0.39, 0.29) is 11.8 Å². The second-order valence-electron chi connectivity index (χ2n) is 7.23.